The number of benzene rings is 2. The molecule has 46 heavy (non-hydrogen) atoms. The van der Waals surface area contributed by atoms with Gasteiger partial charge in [0.15, 0.2) is 0 Å². The number of hydrogen-bond acceptors (Lipinski definition) is 9. The molecule has 2 amide bonds. The van der Waals surface area contributed by atoms with Gasteiger partial charge in [-0.05, 0) is 49.1 Å². The number of phenols is 2. The second-order valence-corrected chi connectivity index (χ2v) is 12.8. The first-order valence-corrected chi connectivity index (χ1v) is 15.4. The van der Waals surface area contributed by atoms with Crippen molar-refractivity contribution < 1.29 is 44.3 Å². The standard InChI is InChI=1S/C33H43N3O9S/c1-7-32(3,4)23-15-22(26(45-6)16-25(23)38)27(14-19(2)20-8-10-21(37)11-9-20)46-18-33(5,31(44)35-17-29(40)41)36-28(39)13-12-24(34)30(42)43/h7-11,15-16,24,27,37-38H,1-2,12-14,17-18,34H2,3-6H3,(H,35,44)(H,36,39)(H,40,41)(H,42,43). The highest BCUT2D eigenvalue weighted by atomic mass is 32.2. The summed E-state index contributed by atoms with van der Waals surface area (Å²) in [7, 11) is 1.46. The first-order chi connectivity index (χ1) is 21.4. The first-order valence-electron chi connectivity index (χ1n) is 14.4. The fourth-order valence-electron chi connectivity index (χ4n) is 4.49. The van der Waals surface area contributed by atoms with Gasteiger partial charge in [-0.15, -0.1) is 6.58 Å². The highest BCUT2D eigenvalue weighted by molar-refractivity contribution is 7.99. The molecule has 2 aromatic carbocycles. The van der Waals surface area contributed by atoms with Crippen molar-refractivity contribution in [3.8, 4) is 17.2 Å². The molecule has 2 aromatic rings. The number of carboxylic acids is 2. The van der Waals surface area contributed by atoms with E-state index in [1.807, 2.05) is 13.8 Å². The summed E-state index contributed by atoms with van der Waals surface area (Å²) in [5.41, 5.74) is 5.92. The van der Waals surface area contributed by atoms with Crippen molar-refractivity contribution in [3.05, 3.63) is 72.3 Å². The van der Waals surface area contributed by atoms with Crippen molar-refractivity contribution >= 4 is 41.1 Å². The van der Waals surface area contributed by atoms with Crippen molar-refractivity contribution in [2.45, 2.75) is 62.3 Å². The predicted molar refractivity (Wildman–Crippen MR) is 177 cm³/mol. The third-order valence-corrected chi connectivity index (χ3v) is 9.06. The van der Waals surface area contributed by atoms with E-state index in [1.165, 1.54) is 44.0 Å². The molecule has 0 fully saturated rings. The van der Waals surface area contributed by atoms with E-state index >= 15 is 0 Å². The van der Waals surface area contributed by atoms with Gasteiger partial charge in [0.2, 0.25) is 11.8 Å². The number of thioether (sulfide) groups is 1. The molecule has 0 saturated heterocycles. The topological polar surface area (TPSA) is 209 Å². The third-order valence-electron chi connectivity index (χ3n) is 7.50. The smallest absolute Gasteiger partial charge is 0.322 e. The summed E-state index contributed by atoms with van der Waals surface area (Å²) >= 11 is 1.26. The Hall–Kier alpha value is -4.49. The highest BCUT2D eigenvalue weighted by Gasteiger charge is 2.37. The molecule has 0 aliphatic heterocycles. The Morgan fingerprint density at radius 3 is 2.26 bits per heavy atom. The van der Waals surface area contributed by atoms with Gasteiger partial charge in [-0.3, -0.25) is 19.2 Å². The zero-order valence-corrected chi connectivity index (χ0v) is 27.3. The molecule has 0 aliphatic rings. The van der Waals surface area contributed by atoms with Gasteiger partial charge in [-0.25, -0.2) is 0 Å². The monoisotopic (exact) mass is 657 g/mol. The maximum absolute atomic E-state index is 13.3. The third kappa shape index (κ3) is 10.3. The minimum absolute atomic E-state index is 0.00340. The molecule has 8 N–H and O–H groups in total. The Labute approximate surface area is 272 Å². The lowest BCUT2D eigenvalue weighted by Crippen LogP contribution is -2.59. The van der Waals surface area contributed by atoms with Gasteiger partial charge < -0.3 is 41.5 Å². The fourth-order valence-corrected chi connectivity index (χ4v) is 5.92. The van der Waals surface area contributed by atoms with Gasteiger partial charge in [-0.2, -0.15) is 11.8 Å². The zero-order valence-electron chi connectivity index (χ0n) is 26.5. The van der Waals surface area contributed by atoms with Crippen LogP contribution in [0.5, 0.6) is 17.2 Å². The largest absolute Gasteiger partial charge is 0.508 e. The second-order valence-electron chi connectivity index (χ2n) is 11.6. The first kappa shape index (κ1) is 37.7. The van der Waals surface area contributed by atoms with Gasteiger partial charge >= 0.3 is 11.9 Å². The number of hydrogen-bond donors (Lipinski definition) is 7. The van der Waals surface area contributed by atoms with Crippen LogP contribution >= 0.6 is 11.8 Å². The molecule has 0 radical (unpaired) electrons. The van der Waals surface area contributed by atoms with Crippen LogP contribution in [0.25, 0.3) is 5.57 Å². The Bertz CT molecular complexity index is 1460. The number of amides is 2. The molecule has 3 unspecified atom stereocenters. The van der Waals surface area contributed by atoms with Crippen molar-refractivity contribution in [2.24, 2.45) is 5.73 Å². The lowest BCUT2D eigenvalue weighted by atomic mass is 9.82. The van der Waals surface area contributed by atoms with Gasteiger partial charge in [0.1, 0.15) is 35.4 Å². The van der Waals surface area contributed by atoms with E-state index in [4.69, 9.17) is 20.7 Å². The SMILES string of the molecule is C=CC(C)(C)c1cc(C(CC(=C)c2ccc(O)cc2)SCC(C)(NC(=O)CCC(N)C(=O)O)C(=O)NCC(=O)O)c(OC)cc1O. The Morgan fingerprint density at radius 1 is 1.09 bits per heavy atom. The van der Waals surface area contributed by atoms with Gasteiger partial charge in [0.05, 0.1) is 7.11 Å². The van der Waals surface area contributed by atoms with Crippen molar-refractivity contribution in [1.82, 2.24) is 10.6 Å². The highest BCUT2D eigenvalue weighted by Crippen LogP contribution is 2.46. The second kappa shape index (κ2) is 16.2. The van der Waals surface area contributed by atoms with Crippen LogP contribution in [-0.4, -0.2) is 75.2 Å². The molecule has 0 aliphatic carbocycles. The van der Waals surface area contributed by atoms with Crippen LogP contribution in [0.3, 0.4) is 0 Å². The number of carboxylic acid groups (broad SMARTS) is 2. The summed E-state index contributed by atoms with van der Waals surface area (Å²) < 4.78 is 5.66. The number of phenolic OH excluding ortho intramolecular Hbond substituents is 2. The summed E-state index contributed by atoms with van der Waals surface area (Å²) in [4.78, 5) is 48.6. The average Bonchev–Trinajstić information content (AvgIpc) is 3.00. The average molecular weight is 658 g/mol. The summed E-state index contributed by atoms with van der Waals surface area (Å²) in [6.07, 6.45) is 1.54. The van der Waals surface area contributed by atoms with Crippen molar-refractivity contribution in [1.29, 1.82) is 0 Å². The van der Waals surface area contributed by atoms with E-state index in [1.54, 1.807) is 24.3 Å². The molecule has 0 bridgehead atoms. The number of aliphatic carboxylic acids is 2. The van der Waals surface area contributed by atoms with E-state index in [2.05, 4.69) is 23.8 Å². The van der Waals surface area contributed by atoms with Crippen LogP contribution in [-0.2, 0) is 24.6 Å². The number of methoxy groups -OCH3 is 1. The fraction of sp³-hybridized carbons (Fsp3) is 0.394. The Balaban J connectivity index is 2.57. The number of aromatic hydroxyl groups is 2. The maximum Gasteiger partial charge on any atom is 0.322 e. The number of carbonyl (C=O) groups is 4. The number of ether oxygens (including phenoxy) is 1. The van der Waals surface area contributed by atoms with E-state index in [0.717, 1.165) is 5.56 Å². The summed E-state index contributed by atoms with van der Waals surface area (Å²) in [5, 5.41) is 43.3. The molecule has 0 aromatic heterocycles. The Kier molecular flexibility index (Phi) is 13.3. The van der Waals surface area contributed by atoms with Crippen LogP contribution in [0.1, 0.15) is 62.0 Å². The van der Waals surface area contributed by atoms with Crippen LogP contribution in [0, 0.1) is 0 Å². The zero-order chi connectivity index (χ0) is 34.8. The molecule has 12 nitrogen and oxygen atoms in total. The summed E-state index contributed by atoms with van der Waals surface area (Å²) in [6, 6.07) is 8.51. The van der Waals surface area contributed by atoms with Gasteiger partial charge in [0.25, 0.3) is 0 Å². The van der Waals surface area contributed by atoms with Crippen molar-refractivity contribution in [3.63, 3.8) is 0 Å². The number of nitrogens with two attached hydrogens (primary N) is 1. The lowest BCUT2D eigenvalue weighted by molar-refractivity contribution is -0.139. The lowest BCUT2D eigenvalue weighted by Gasteiger charge is -2.32. The quantitative estimate of drug-likeness (QED) is 0.115. The van der Waals surface area contributed by atoms with Gasteiger partial charge in [0, 0.05) is 40.0 Å². The molecule has 0 saturated carbocycles. The van der Waals surface area contributed by atoms with E-state index in [-0.39, 0.29) is 30.1 Å². The summed E-state index contributed by atoms with van der Waals surface area (Å²) in [6.45, 7) is 12.7. The molecule has 0 heterocycles. The van der Waals surface area contributed by atoms with E-state index in [9.17, 15) is 29.4 Å². The van der Waals surface area contributed by atoms with Crippen LogP contribution in [0.4, 0.5) is 0 Å². The molecular formula is C33H43N3O9S. The minimum Gasteiger partial charge on any atom is -0.508 e. The van der Waals surface area contributed by atoms with Crippen LogP contribution in [0.2, 0.25) is 0 Å². The minimum atomic E-state index is -1.64. The molecule has 13 heteroatoms. The number of carbonyl (C=O) groups excluding carboxylic acids is 2. The van der Waals surface area contributed by atoms with E-state index in [0.29, 0.717) is 28.9 Å². The van der Waals surface area contributed by atoms with Crippen LogP contribution < -0.4 is 21.1 Å². The molecule has 250 valence electrons. The normalized spacial score (nSPS) is 13.8. The van der Waals surface area contributed by atoms with Crippen LogP contribution in [0.15, 0.2) is 55.6 Å². The predicted octanol–water partition coefficient (Wildman–Crippen LogP) is 3.72. The Morgan fingerprint density at radius 2 is 1.72 bits per heavy atom. The van der Waals surface area contributed by atoms with Crippen molar-refractivity contribution in [2.75, 3.05) is 19.4 Å². The number of nitrogens with one attached hydrogen (secondary N) is 2. The maximum atomic E-state index is 13.3. The van der Waals surface area contributed by atoms with Gasteiger partial charge in [-0.1, -0.05) is 38.6 Å². The molecular weight excluding hydrogens is 614 g/mol. The molecule has 3 atom stereocenters. The number of allylic oxidation sites excluding steroid dienone is 2. The molecule has 0 spiro atoms. The molecule has 2 rings (SSSR count). The van der Waals surface area contributed by atoms with E-state index < -0.39 is 52.5 Å². The number of rotatable bonds is 18. The summed E-state index contributed by atoms with van der Waals surface area (Å²) in [5.74, 6) is -3.58.